The number of aryl methyl sites for hydroxylation is 1. The van der Waals surface area contributed by atoms with Crippen molar-refractivity contribution in [3.05, 3.63) is 71.3 Å². The first-order valence-corrected chi connectivity index (χ1v) is 9.81. The lowest BCUT2D eigenvalue weighted by atomic mass is 10.0. The Labute approximate surface area is 149 Å². The summed E-state index contributed by atoms with van der Waals surface area (Å²) in [5.41, 5.74) is 3.03. The lowest BCUT2D eigenvalue weighted by molar-refractivity contribution is -0.110. The van der Waals surface area contributed by atoms with Gasteiger partial charge < -0.3 is 0 Å². The van der Waals surface area contributed by atoms with Crippen LogP contribution in [0.3, 0.4) is 0 Å². The first kappa shape index (κ1) is 18.1. The molecule has 25 heavy (non-hydrogen) atoms. The number of hydrogen-bond acceptors (Lipinski definition) is 4. The fourth-order valence-corrected chi connectivity index (χ4v) is 4.96. The Morgan fingerprint density at radius 3 is 2.56 bits per heavy atom. The van der Waals surface area contributed by atoms with Crippen LogP contribution in [0.1, 0.15) is 22.7 Å². The predicted octanol–water partition coefficient (Wildman–Crippen LogP) is 2.74. The first-order valence-electron chi connectivity index (χ1n) is 8.31. The van der Waals surface area contributed by atoms with Crippen molar-refractivity contribution in [1.82, 2.24) is 9.37 Å². The molecule has 1 aliphatic heterocycles. The number of sulfonamides is 1. The van der Waals surface area contributed by atoms with Gasteiger partial charge in [-0.15, -0.1) is 0 Å². The summed E-state index contributed by atoms with van der Waals surface area (Å²) in [6, 6.07) is 17.2. The van der Waals surface area contributed by atoms with E-state index in [-0.39, 0.29) is 12.6 Å². The Bertz CT molecular complexity index is 824. The Morgan fingerprint density at radius 1 is 1.16 bits per heavy atom. The van der Waals surface area contributed by atoms with Gasteiger partial charge in [0.1, 0.15) is 5.25 Å². The highest BCUT2D eigenvalue weighted by Crippen LogP contribution is 2.35. The predicted molar refractivity (Wildman–Crippen MR) is 98.3 cm³/mol. The maximum atomic E-state index is 13.2. The molecule has 0 radical (unpaired) electrons. The molecule has 5 nitrogen and oxygen atoms in total. The van der Waals surface area contributed by atoms with Crippen molar-refractivity contribution in [2.45, 2.75) is 24.8 Å². The minimum Gasteiger partial charge on any atom is -0.297 e. The monoisotopic (exact) mass is 360 g/mol. The molecule has 0 spiro atoms. The molecule has 2 aromatic carbocycles. The molecule has 0 aliphatic carbocycles. The molecule has 0 amide bonds. The van der Waals surface area contributed by atoms with Crippen molar-refractivity contribution >= 4 is 10.0 Å². The van der Waals surface area contributed by atoms with Gasteiger partial charge in [0.2, 0.25) is 10.0 Å². The lowest BCUT2D eigenvalue weighted by Crippen LogP contribution is -2.40. The summed E-state index contributed by atoms with van der Waals surface area (Å²) in [5.74, 6) is 0. The topological polar surface area (TPSA) is 49.9 Å². The van der Waals surface area contributed by atoms with Gasteiger partial charge in [-0.2, -0.15) is 5.06 Å². The third-order valence-electron chi connectivity index (χ3n) is 4.64. The first-order chi connectivity index (χ1) is 11.9. The van der Waals surface area contributed by atoms with Crippen LogP contribution < -0.4 is 0 Å². The normalized spacial score (nSPS) is 21.8. The van der Waals surface area contributed by atoms with Crippen LogP contribution in [0.4, 0.5) is 0 Å². The quantitative estimate of drug-likeness (QED) is 0.823. The Kier molecular flexibility index (Phi) is 5.24. The van der Waals surface area contributed by atoms with Gasteiger partial charge in [0.05, 0.1) is 12.6 Å². The molecule has 2 aromatic rings. The van der Waals surface area contributed by atoms with Crippen LogP contribution in [0.2, 0.25) is 0 Å². The molecule has 134 valence electrons. The summed E-state index contributed by atoms with van der Waals surface area (Å²) >= 11 is 0. The van der Waals surface area contributed by atoms with Crippen LogP contribution in [0, 0.1) is 6.92 Å². The van der Waals surface area contributed by atoms with Gasteiger partial charge in [0, 0.05) is 20.6 Å². The third kappa shape index (κ3) is 3.77. The highest BCUT2D eigenvalue weighted by molar-refractivity contribution is 7.89. The fraction of sp³-hybridized carbons (Fsp3) is 0.368. The second kappa shape index (κ2) is 7.25. The molecule has 1 saturated heterocycles. The van der Waals surface area contributed by atoms with Gasteiger partial charge in [0.15, 0.2) is 0 Å². The van der Waals surface area contributed by atoms with Crippen molar-refractivity contribution < 1.29 is 13.3 Å². The average molecular weight is 360 g/mol. The third-order valence-corrected chi connectivity index (χ3v) is 6.79. The van der Waals surface area contributed by atoms with Crippen LogP contribution in [-0.4, -0.2) is 43.7 Å². The van der Waals surface area contributed by atoms with E-state index in [9.17, 15) is 8.42 Å². The van der Waals surface area contributed by atoms with Crippen LogP contribution in [0.15, 0.2) is 54.6 Å². The molecule has 0 bridgehead atoms. The van der Waals surface area contributed by atoms with E-state index in [4.69, 9.17) is 4.84 Å². The van der Waals surface area contributed by atoms with E-state index in [1.54, 1.807) is 19.2 Å². The highest BCUT2D eigenvalue weighted by atomic mass is 32.2. The molecule has 2 atom stereocenters. The molecule has 2 unspecified atom stereocenters. The van der Waals surface area contributed by atoms with E-state index in [1.807, 2.05) is 61.5 Å². The second-order valence-corrected chi connectivity index (χ2v) is 8.78. The van der Waals surface area contributed by atoms with E-state index in [0.717, 1.165) is 16.7 Å². The zero-order valence-electron chi connectivity index (χ0n) is 14.8. The van der Waals surface area contributed by atoms with E-state index < -0.39 is 15.3 Å². The summed E-state index contributed by atoms with van der Waals surface area (Å²) < 4.78 is 27.8. The van der Waals surface area contributed by atoms with Crippen LogP contribution in [0.25, 0.3) is 0 Å². The fourth-order valence-electron chi connectivity index (χ4n) is 3.29. The number of benzene rings is 2. The van der Waals surface area contributed by atoms with E-state index >= 15 is 0 Å². The van der Waals surface area contributed by atoms with Crippen molar-refractivity contribution in [1.29, 1.82) is 0 Å². The Balaban J connectivity index is 1.87. The number of rotatable bonds is 5. The maximum Gasteiger partial charge on any atom is 0.221 e. The number of hydroxylamine groups is 2. The average Bonchev–Trinajstić information content (AvgIpc) is 2.98. The van der Waals surface area contributed by atoms with Crippen molar-refractivity contribution in [2.24, 2.45) is 0 Å². The summed E-state index contributed by atoms with van der Waals surface area (Å²) in [5, 5.41) is 1.03. The second-order valence-electron chi connectivity index (χ2n) is 6.53. The van der Waals surface area contributed by atoms with Crippen molar-refractivity contribution in [2.75, 3.05) is 20.7 Å². The maximum absolute atomic E-state index is 13.2. The van der Waals surface area contributed by atoms with Crippen molar-refractivity contribution in [3.63, 3.8) is 0 Å². The van der Waals surface area contributed by atoms with Gasteiger partial charge in [-0.05, 0) is 18.1 Å². The van der Waals surface area contributed by atoms with Crippen LogP contribution in [-0.2, 0) is 21.4 Å². The zero-order valence-corrected chi connectivity index (χ0v) is 15.6. The number of nitrogens with zero attached hydrogens (tertiary/aromatic N) is 2. The summed E-state index contributed by atoms with van der Waals surface area (Å²) in [6.45, 7) is 2.52. The molecular weight excluding hydrogens is 336 g/mol. The molecule has 0 aromatic heterocycles. The van der Waals surface area contributed by atoms with Gasteiger partial charge in [-0.25, -0.2) is 12.7 Å². The van der Waals surface area contributed by atoms with E-state index in [0.29, 0.717) is 6.54 Å². The van der Waals surface area contributed by atoms with E-state index in [2.05, 4.69) is 0 Å². The highest BCUT2D eigenvalue weighted by Gasteiger charge is 2.44. The van der Waals surface area contributed by atoms with Crippen molar-refractivity contribution in [3.8, 4) is 0 Å². The molecular formula is C19H24N2O3S. The number of hydrogen-bond donors (Lipinski definition) is 0. The molecule has 3 rings (SSSR count). The smallest absolute Gasteiger partial charge is 0.221 e. The summed E-state index contributed by atoms with van der Waals surface area (Å²) in [4.78, 5) is 5.59. The van der Waals surface area contributed by atoms with Crippen LogP contribution in [0.5, 0.6) is 0 Å². The summed E-state index contributed by atoms with van der Waals surface area (Å²) in [6.07, 6.45) is 0. The van der Waals surface area contributed by atoms with Gasteiger partial charge >= 0.3 is 0 Å². The van der Waals surface area contributed by atoms with Gasteiger partial charge in [-0.3, -0.25) is 4.84 Å². The van der Waals surface area contributed by atoms with Gasteiger partial charge in [0.25, 0.3) is 0 Å². The summed E-state index contributed by atoms with van der Waals surface area (Å²) in [7, 11) is -0.0890. The zero-order chi connectivity index (χ0) is 18.0. The standard InChI is InChI=1S/C19H24N2O3S/c1-15-8-7-11-17(12-15)19-18(14-24-21(19)3)25(22,23)20(2)13-16-9-5-4-6-10-16/h4-12,18-19H,13-14H2,1-3H3. The lowest BCUT2D eigenvalue weighted by Gasteiger charge is -2.27. The van der Waals surface area contributed by atoms with E-state index in [1.165, 1.54) is 4.31 Å². The molecule has 6 heteroatoms. The Hall–Kier alpha value is -1.73. The minimum absolute atomic E-state index is 0.163. The molecule has 1 fully saturated rings. The molecule has 0 saturated carbocycles. The molecule has 1 aliphatic rings. The Morgan fingerprint density at radius 2 is 1.88 bits per heavy atom. The largest absolute Gasteiger partial charge is 0.297 e. The van der Waals surface area contributed by atoms with Gasteiger partial charge in [-0.1, -0.05) is 60.2 Å². The minimum atomic E-state index is -3.51. The SMILES string of the molecule is Cc1cccc(C2C(S(=O)(=O)N(C)Cc3ccccc3)CON2C)c1. The molecule has 0 N–H and O–H groups in total. The van der Waals surface area contributed by atoms with Crippen LogP contribution >= 0.6 is 0 Å². The molecule has 1 heterocycles.